The van der Waals surface area contributed by atoms with Crippen molar-refractivity contribution in [1.29, 1.82) is 0 Å². The van der Waals surface area contributed by atoms with Gasteiger partial charge in [0.15, 0.2) is 11.5 Å². The number of carboxylic acids is 1. The van der Waals surface area contributed by atoms with Crippen LogP contribution in [0.4, 0.5) is 0 Å². The normalized spacial score (nSPS) is 15.2. The smallest absolute Gasteiger partial charge is 0.303 e. The van der Waals surface area contributed by atoms with Crippen molar-refractivity contribution in [1.82, 2.24) is 0 Å². The fraction of sp³-hybridized carbons (Fsp3) is 0.417. The molecule has 0 aliphatic carbocycles. The molecular formula is C12H15NO5. The Bertz CT molecular complexity index is 460. The van der Waals surface area contributed by atoms with E-state index < -0.39 is 12.0 Å². The van der Waals surface area contributed by atoms with Gasteiger partial charge in [0.25, 0.3) is 0 Å². The van der Waals surface area contributed by atoms with Crippen molar-refractivity contribution >= 4 is 5.97 Å². The van der Waals surface area contributed by atoms with E-state index in [0.29, 0.717) is 30.3 Å². The molecule has 0 bridgehead atoms. The van der Waals surface area contributed by atoms with Gasteiger partial charge in [-0.1, -0.05) is 0 Å². The Morgan fingerprint density at radius 1 is 1.39 bits per heavy atom. The first-order valence-electron chi connectivity index (χ1n) is 5.68. The molecule has 1 heterocycles. The number of aliphatic carboxylic acids is 1. The highest BCUT2D eigenvalue weighted by atomic mass is 16.6. The third-order valence-electron chi connectivity index (χ3n) is 2.76. The number of nitrogens with two attached hydrogens (primary N) is 1. The van der Waals surface area contributed by atoms with E-state index in [1.807, 2.05) is 0 Å². The summed E-state index contributed by atoms with van der Waals surface area (Å²) in [5, 5.41) is 18.5. The molecule has 1 unspecified atom stereocenters. The molecule has 0 spiro atoms. The van der Waals surface area contributed by atoms with Gasteiger partial charge in [-0.15, -0.1) is 0 Å². The van der Waals surface area contributed by atoms with Crippen molar-refractivity contribution in [2.24, 2.45) is 5.73 Å². The van der Waals surface area contributed by atoms with Crippen molar-refractivity contribution in [3.8, 4) is 17.2 Å². The minimum Gasteiger partial charge on any atom is -0.507 e. The lowest BCUT2D eigenvalue weighted by Crippen LogP contribution is -2.20. The van der Waals surface area contributed by atoms with Crippen LogP contribution in [-0.4, -0.2) is 29.4 Å². The molecule has 0 aromatic heterocycles. The van der Waals surface area contributed by atoms with Crippen molar-refractivity contribution in [2.75, 3.05) is 13.2 Å². The first-order valence-corrected chi connectivity index (χ1v) is 5.68. The Morgan fingerprint density at radius 2 is 2.11 bits per heavy atom. The standard InChI is InChI=1S/C12H15NO5/c13-7(1-4-10(15)16)11-8(14)2-3-9-12(11)18-6-5-17-9/h2-3,7,14H,1,4-6,13H2,(H,15,16). The third kappa shape index (κ3) is 2.48. The van der Waals surface area contributed by atoms with Crippen LogP contribution in [0.1, 0.15) is 24.4 Å². The Labute approximate surface area is 104 Å². The zero-order valence-electron chi connectivity index (χ0n) is 9.76. The van der Waals surface area contributed by atoms with Gasteiger partial charge in [-0.3, -0.25) is 4.79 Å². The van der Waals surface area contributed by atoms with Crippen LogP contribution in [0.2, 0.25) is 0 Å². The number of ether oxygens (including phenoxy) is 2. The van der Waals surface area contributed by atoms with Crippen LogP contribution in [0.15, 0.2) is 12.1 Å². The molecule has 1 aromatic rings. The Balaban J connectivity index is 2.27. The number of hydrogen-bond donors (Lipinski definition) is 3. The minimum atomic E-state index is -0.924. The summed E-state index contributed by atoms with van der Waals surface area (Å²) in [7, 11) is 0. The highest BCUT2D eigenvalue weighted by Gasteiger charge is 2.24. The second kappa shape index (κ2) is 5.14. The number of benzene rings is 1. The molecule has 1 aliphatic heterocycles. The molecule has 6 nitrogen and oxygen atoms in total. The van der Waals surface area contributed by atoms with Gasteiger partial charge in [-0.2, -0.15) is 0 Å². The second-order valence-electron chi connectivity index (χ2n) is 4.06. The average molecular weight is 253 g/mol. The minimum absolute atomic E-state index is 0.00265. The number of aromatic hydroxyl groups is 1. The van der Waals surface area contributed by atoms with E-state index in [0.717, 1.165) is 0 Å². The second-order valence-corrected chi connectivity index (χ2v) is 4.06. The fourth-order valence-corrected chi connectivity index (χ4v) is 1.91. The maximum absolute atomic E-state index is 10.5. The van der Waals surface area contributed by atoms with E-state index in [1.54, 1.807) is 6.07 Å². The van der Waals surface area contributed by atoms with Crippen molar-refractivity contribution < 1.29 is 24.5 Å². The van der Waals surface area contributed by atoms with Gasteiger partial charge in [0, 0.05) is 12.5 Å². The predicted octanol–water partition coefficient (Wildman–Crippen LogP) is 1.03. The Kier molecular flexibility index (Phi) is 3.57. The molecule has 1 aromatic carbocycles. The highest BCUT2D eigenvalue weighted by molar-refractivity contribution is 5.67. The topological polar surface area (TPSA) is 102 Å². The lowest BCUT2D eigenvalue weighted by Gasteiger charge is -2.24. The molecule has 0 radical (unpaired) electrons. The molecule has 0 amide bonds. The number of phenols is 1. The molecule has 18 heavy (non-hydrogen) atoms. The first-order chi connectivity index (χ1) is 8.59. The molecular weight excluding hydrogens is 238 g/mol. The summed E-state index contributed by atoms with van der Waals surface area (Å²) in [6.45, 7) is 0.830. The predicted molar refractivity (Wildman–Crippen MR) is 62.9 cm³/mol. The molecule has 2 rings (SSSR count). The summed E-state index contributed by atoms with van der Waals surface area (Å²) < 4.78 is 10.8. The van der Waals surface area contributed by atoms with Gasteiger partial charge < -0.3 is 25.4 Å². The van der Waals surface area contributed by atoms with Crippen LogP contribution >= 0.6 is 0 Å². The van der Waals surface area contributed by atoms with Crippen molar-refractivity contribution in [3.63, 3.8) is 0 Å². The molecule has 98 valence electrons. The number of carboxylic acid groups (broad SMARTS) is 1. The average Bonchev–Trinajstić information content (AvgIpc) is 2.36. The highest BCUT2D eigenvalue weighted by Crippen LogP contribution is 2.42. The number of carbonyl (C=O) groups is 1. The fourth-order valence-electron chi connectivity index (χ4n) is 1.91. The number of fused-ring (bicyclic) bond motifs is 1. The molecule has 0 saturated heterocycles. The molecule has 0 saturated carbocycles. The number of phenolic OH excluding ortho intramolecular Hbond substituents is 1. The van der Waals surface area contributed by atoms with Crippen LogP contribution in [0.25, 0.3) is 0 Å². The van der Waals surface area contributed by atoms with Crippen LogP contribution in [0, 0.1) is 0 Å². The molecule has 1 aliphatic rings. The zero-order chi connectivity index (χ0) is 13.1. The quantitative estimate of drug-likeness (QED) is 0.740. The summed E-state index contributed by atoms with van der Waals surface area (Å²) in [6.07, 6.45) is 0.161. The van der Waals surface area contributed by atoms with E-state index >= 15 is 0 Å². The van der Waals surface area contributed by atoms with E-state index in [4.69, 9.17) is 20.3 Å². The van der Waals surface area contributed by atoms with E-state index in [-0.39, 0.29) is 18.6 Å². The molecule has 4 N–H and O–H groups in total. The van der Waals surface area contributed by atoms with Gasteiger partial charge in [0.05, 0.1) is 5.56 Å². The van der Waals surface area contributed by atoms with Gasteiger partial charge >= 0.3 is 5.97 Å². The lowest BCUT2D eigenvalue weighted by atomic mass is 10.00. The van der Waals surface area contributed by atoms with E-state index in [1.165, 1.54) is 6.07 Å². The van der Waals surface area contributed by atoms with Gasteiger partial charge in [0.2, 0.25) is 0 Å². The molecule has 0 fully saturated rings. The summed E-state index contributed by atoms with van der Waals surface area (Å²) in [5.74, 6) is 0.0167. The monoisotopic (exact) mass is 253 g/mol. The molecule has 1 atom stereocenters. The first kappa shape index (κ1) is 12.5. The molecule has 6 heteroatoms. The SMILES string of the molecule is NC(CCC(=O)O)c1c(O)ccc2c1OCCO2. The largest absolute Gasteiger partial charge is 0.507 e. The number of rotatable bonds is 4. The summed E-state index contributed by atoms with van der Waals surface area (Å²) in [5.41, 5.74) is 6.32. The zero-order valence-corrected chi connectivity index (χ0v) is 9.76. The van der Waals surface area contributed by atoms with Crippen LogP contribution in [0.3, 0.4) is 0 Å². The lowest BCUT2D eigenvalue weighted by molar-refractivity contribution is -0.137. The maximum atomic E-state index is 10.5. The van der Waals surface area contributed by atoms with Crippen LogP contribution in [0.5, 0.6) is 17.2 Å². The van der Waals surface area contributed by atoms with Crippen LogP contribution < -0.4 is 15.2 Å². The van der Waals surface area contributed by atoms with E-state index in [9.17, 15) is 9.90 Å². The van der Waals surface area contributed by atoms with E-state index in [2.05, 4.69) is 0 Å². The van der Waals surface area contributed by atoms with Crippen molar-refractivity contribution in [2.45, 2.75) is 18.9 Å². The van der Waals surface area contributed by atoms with Gasteiger partial charge in [-0.25, -0.2) is 0 Å². The summed E-state index contributed by atoms with van der Waals surface area (Å²) >= 11 is 0. The van der Waals surface area contributed by atoms with Gasteiger partial charge in [0.1, 0.15) is 19.0 Å². The summed E-state index contributed by atoms with van der Waals surface area (Å²) in [6, 6.07) is 2.48. The van der Waals surface area contributed by atoms with Gasteiger partial charge in [-0.05, 0) is 18.6 Å². The van der Waals surface area contributed by atoms with Crippen molar-refractivity contribution in [3.05, 3.63) is 17.7 Å². The number of hydrogen-bond acceptors (Lipinski definition) is 5. The Hall–Kier alpha value is -1.95. The summed E-state index contributed by atoms with van der Waals surface area (Å²) in [4.78, 5) is 10.5. The Morgan fingerprint density at radius 3 is 2.83 bits per heavy atom. The maximum Gasteiger partial charge on any atom is 0.303 e. The third-order valence-corrected chi connectivity index (χ3v) is 2.76. The van der Waals surface area contributed by atoms with Crippen LogP contribution in [-0.2, 0) is 4.79 Å².